The Labute approximate surface area is 150 Å². The van der Waals surface area contributed by atoms with E-state index in [0.717, 1.165) is 29.2 Å². The Morgan fingerprint density at radius 2 is 1.44 bits per heavy atom. The van der Waals surface area contributed by atoms with Gasteiger partial charge in [-0.2, -0.15) is 0 Å². The highest BCUT2D eigenvalue weighted by Crippen LogP contribution is 2.36. The molecule has 1 heterocycles. The first-order chi connectivity index (χ1) is 12.7. The lowest BCUT2D eigenvalue weighted by Gasteiger charge is -2.26. The molecule has 0 atom stereocenters. The number of non-ortho nitro benzene ring substituents is 2. The molecule has 11 heteroatoms. The Morgan fingerprint density at radius 1 is 0.963 bits per heavy atom. The van der Waals surface area contributed by atoms with Crippen LogP contribution in [0, 0.1) is 20.2 Å². The maximum atomic E-state index is 12.7. The summed E-state index contributed by atoms with van der Waals surface area (Å²) in [6.45, 7) is -0.226. The van der Waals surface area contributed by atoms with Crippen molar-refractivity contribution in [3.05, 3.63) is 55.6 Å². The molecular formula is C16H11N3O8. The predicted octanol–water partition coefficient (Wildman–Crippen LogP) is 2.12. The minimum absolute atomic E-state index is 0.0187. The van der Waals surface area contributed by atoms with E-state index < -0.39 is 39.0 Å². The van der Waals surface area contributed by atoms with Crippen molar-refractivity contribution in [3.8, 4) is 0 Å². The number of nitro benzene ring substituents is 2. The largest absolute Gasteiger partial charge is 0.481 e. The monoisotopic (exact) mass is 373 g/mol. The molecule has 0 radical (unpaired) electrons. The molecule has 2 aromatic rings. The molecule has 0 saturated carbocycles. The molecular weight excluding hydrogens is 362 g/mol. The van der Waals surface area contributed by atoms with E-state index in [2.05, 4.69) is 0 Å². The number of nitrogens with zero attached hydrogens (tertiary/aromatic N) is 3. The maximum Gasteiger partial charge on any atom is 0.303 e. The smallest absolute Gasteiger partial charge is 0.303 e. The summed E-state index contributed by atoms with van der Waals surface area (Å²) in [5.41, 5.74) is -1.15. The normalized spacial score (nSPS) is 13.1. The van der Waals surface area contributed by atoms with E-state index in [1.165, 1.54) is 0 Å². The van der Waals surface area contributed by atoms with Gasteiger partial charge >= 0.3 is 5.97 Å². The minimum Gasteiger partial charge on any atom is -0.481 e. The average molecular weight is 373 g/mol. The van der Waals surface area contributed by atoms with E-state index in [0.29, 0.717) is 0 Å². The molecule has 1 aliphatic heterocycles. The Morgan fingerprint density at radius 3 is 1.85 bits per heavy atom. The number of hydrogen-bond donors (Lipinski definition) is 1. The highest BCUT2D eigenvalue weighted by atomic mass is 16.6. The lowest BCUT2D eigenvalue weighted by molar-refractivity contribution is -0.385. The van der Waals surface area contributed by atoms with Gasteiger partial charge in [-0.05, 0) is 11.8 Å². The summed E-state index contributed by atoms with van der Waals surface area (Å²) >= 11 is 0. The summed E-state index contributed by atoms with van der Waals surface area (Å²) in [6, 6.07) is 4.15. The molecule has 0 spiro atoms. The number of hydrogen-bond acceptors (Lipinski definition) is 7. The van der Waals surface area contributed by atoms with Crippen LogP contribution in [-0.2, 0) is 4.79 Å². The second-order valence-corrected chi connectivity index (χ2v) is 5.86. The molecule has 0 fully saturated rings. The molecule has 0 bridgehead atoms. The number of aliphatic carboxylic acids is 1. The summed E-state index contributed by atoms with van der Waals surface area (Å²) in [5, 5.41) is 31.2. The van der Waals surface area contributed by atoms with Crippen molar-refractivity contribution in [2.75, 3.05) is 6.54 Å². The van der Waals surface area contributed by atoms with Crippen LogP contribution in [0.2, 0.25) is 0 Å². The van der Waals surface area contributed by atoms with Gasteiger partial charge in [-0.25, -0.2) is 0 Å². The van der Waals surface area contributed by atoms with Gasteiger partial charge in [0.2, 0.25) is 0 Å². The van der Waals surface area contributed by atoms with Crippen LogP contribution in [0.1, 0.15) is 33.6 Å². The van der Waals surface area contributed by atoms with Gasteiger partial charge in [0.05, 0.1) is 21.0 Å². The summed E-state index contributed by atoms with van der Waals surface area (Å²) < 4.78 is 0. The molecule has 0 unspecified atom stereocenters. The number of rotatable bonds is 6. The zero-order chi connectivity index (χ0) is 19.9. The van der Waals surface area contributed by atoms with Crippen molar-refractivity contribution in [3.63, 3.8) is 0 Å². The van der Waals surface area contributed by atoms with Gasteiger partial charge in [0, 0.05) is 42.6 Å². The van der Waals surface area contributed by atoms with Crippen molar-refractivity contribution in [2.45, 2.75) is 12.8 Å². The van der Waals surface area contributed by atoms with Gasteiger partial charge in [-0.1, -0.05) is 0 Å². The van der Waals surface area contributed by atoms with Crippen LogP contribution in [0.25, 0.3) is 10.8 Å². The zero-order valence-corrected chi connectivity index (χ0v) is 13.6. The topological polar surface area (TPSA) is 161 Å². The fourth-order valence-electron chi connectivity index (χ4n) is 3.01. The third kappa shape index (κ3) is 3.05. The molecule has 0 saturated heterocycles. The Hall–Kier alpha value is -3.89. The summed E-state index contributed by atoms with van der Waals surface area (Å²) in [6.07, 6.45) is -0.307. The zero-order valence-electron chi connectivity index (χ0n) is 13.6. The maximum absolute atomic E-state index is 12.7. The van der Waals surface area contributed by atoms with E-state index in [4.69, 9.17) is 5.11 Å². The number of nitro groups is 2. The first kappa shape index (κ1) is 17.9. The highest BCUT2D eigenvalue weighted by Gasteiger charge is 2.35. The van der Waals surface area contributed by atoms with Crippen LogP contribution in [0.15, 0.2) is 24.3 Å². The number of carboxylic acids is 1. The van der Waals surface area contributed by atoms with Gasteiger partial charge in [-0.15, -0.1) is 0 Å². The van der Waals surface area contributed by atoms with Gasteiger partial charge in [0.1, 0.15) is 0 Å². The standard InChI is InChI=1S/C16H11N3O8/c20-13(21)2-1-3-17-15(22)11-6-9(18(24)25)4-8-5-10(19(26)27)7-12(14(8)11)16(17)23/h4-7H,1-3H2,(H,20,21). The Kier molecular flexibility index (Phi) is 4.27. The molecule has 27 heavy (non-hydrogen) atoms. The van der Waals surface area contributed by atoms with E-state index in [9.17, 15) is 34.6 Å². The van der Waals surface area contributed by atoms with E-state index in [1.807, 2.05) is 0 Å². The fourth-order valence-corrected chi connectivity index (χ4v) is 3.01. The lowest BCUT2D eigenvalue weighted by atomic mass is 9.92. The van der Waals surface area contributed by atoms with Crippen LogP contribution < -0.4 is 0 Å². The molecule has 138 valence electrons. The molecule has 2 amide bonds. The second kappa shape index (κ2) is 6.44. The quantitative estimate of drug-likeness (QED) is 0.457. The Bertz CT molecular complexity index is 977. The van der Waals surface area contributed by atoms with Crippen molar-refractivity contribution in [1.82, 2.24) is 4.90 Å². The molecule has 1 aliphatic rings. The number of carbonyl (C=O) groups is 3. The highest BCUT2D eigenvalue weighted by molar-refractivity contribution is 6.26. The van der Waals surface area contributed by atoms with Crippen LogP contribution in [0.4, 0.5) is 11.4 Å². The van der Waals surface area contributed by atoms with Crippen LogP contribution in [-0.4, -0.2) is 44.2 Å². The van der Waals surface area contributed by atoms with Crippen LogP contribution in [0.3, 0.4) is 0 Å². The Balaban J connectivity index is 2.21. The average Bonchev–Trinajstić information content (AvgIpc) is 2.60. The molecule has 1 N–H and O–H groups in total. The summed E-state index contributed by atoms with van der Waals surface area (Å²) in [7, 11) is 0. The first-order valence-corrected chi connectivity index (χ1v) is 7.69. The fraction of sp³-hybridized carbons (Fsp3) is 0.188. The number of amides is 2. The molecule has 11 nitrogen and oxygen atoms in total. The molecule has 2 aromatic carbocycles. The number of carbonyl (C=O) groups excluding carboxylic acids is 2. The third-order valence-corrected chi connectivity index (χ3v) is 4.16. The van der Waals surface area contributed by atoms with Crippen LogP contribution in [0.5, 0.6) is 0 Å². The molecule has 3 rings (SSSR count). The summed E-state index contributed by atoms with van der Waals surface area (Å²) in [4.78, 5) is 57.6. The van der Waals surface area contributed by atoms with E-state index >= 15 is 0 Å². The molecule has 0 aliphatic carbocycles. The van der Waals surface area contributed by atoms with Crippen molar-refractivity contribution >= 4 is 39.9 Å². The van der Waals surface area contributed by atoms with Crippen molar-refractivity contribution < 1.29 is 29.3 Å². The van der Waals surface area contributed by atoms with Crippen molar-refractivity contribution in [1.29, 1.82) is 0 Å². The van der Waals surface area contributed by atoms with Crippen LogP contribution >= 0.6 is 0 Å². The van der Waals surface area contributed by atoms with Gasteiger partial charge < -0.3 is 5.11 Å². The minimum atomic E-state index is -1.11. The SMILES string of the molecule is O=C(O)CCCN1C(=O)c2cc([N+](=O)[O-])cc3cc([N+](=O)[O-])cc(c23)C1=O. The number of imide groups is 1. The number of benzene rings is 2. The summed E-state index contributed by atoms with van der Waals surface area (Å²) in [5.74, 6) is -2.72. The van der Waals surface area contributed by atoms with E-state index in [-0.39, 0.29) is 41.3 Å². The van der Waals surface area contributed by atoms with Crippen molar-refractivity contribution in [2.24, 2.45) is 0 Å². The predicted molar refractivity (Wildman–Crippen MR) is 89.5 cm³/mol. The molecule has 0 aromatic heterocycles. The van der Waals surface area contributed by atoms with Gasteiger partial charge in [0.15, 0.2) is 0 Å². The second-order valence-electron chi connectivity index (χ2n) is 5.86. The first-order valence-electron chi connectivity index (χ1n) is 7.69. The lowest BCUT2D eigenvalue weighted by Crippen LogP contribution is -2.41. The van der Waals surface area contributed by atoms with Gasteiger partial charge in [0.25, 0.3) is 23.2 Å². The van der Waals surface area contributed by atoms with Gasteiger partial charge in [-0.3, -0.25) is 39.5 Å². The third-order valence-electron chi connectivity index (χ3n) is 4.16. The number of carboxylic acid groups (broad SMARTS) is 1. The van der Waals surface area contributed by atoms with E-state index in [1.54, 1.807) is 0 Å².